The van der Waals surface area contributed by atoms with Crippen LogP contribution in [0.3, 0.4) is 0 Å². The summed E-state index contributed by atoms with van der Waals surface area (Å²) in [5.41, 5.74) is 4.58. The molecule has 0 aliphatic carbocycles. The van der Waals surface area contributed by atoms with Crippen molar-refractivity contribution in [1.82, 2.24) is 4.90 Å². The first-order valence-corrected chi connectivity index (χ1v) is 12.6. The number of ether oxygens (including phenoxy) is 1. The Morgan fingerprint density at radius 1 is 1.03 bits per heavy atom. The molecule has 172 valence electrons. The van der Waals surface area contributed by atoms with Crippen LogP contribution in [-0.2, 0) is 16.0 Å². The molecule has 6 heteroatoms. The van der Waals surface area contributed by atoms with Crippen LogP contribution in [0.25, 0.3) is 0 Å². The van der Waals surface area contributed by atoms with E-state index in [1.54, 1.807) is 0 Å². The number of carbonyl (C=O) groups is 1. The van der Waals surface area contributed by atoms with Gasteiger partial charge < -0.3 is 15.0 Å². The van der Waals surface area contributed by atoms with E-state index in [1.165, 1.54) is 21.7 Å². The Bertz CT molecular complexity index is 1070. The van der Waals surface area contributed by atoms with E-state index in [1.807, 2.05) is 29.5 Å². The molecule has 3 unspecified atom stereocenters. The summed E-state index contributed by atoms with van der Waals surface area (Å²) in [7, 11) is 0. The maximum atomic E-state index is 13.0. The first kappa shape index (κ1) is 22.1. The molecule has 0 spiro atoms. The van der Waals surface area contributed by atoms with E-state index < -0.39 is 0 Å². The molecule has 1 aromatic heterocycles. The molecular formula is C27H31N3O2S. The van der Waals surface area contributed by atoms with E-state index in [0.717, 1.165) is 31.7 Å². The largest absolute Gasteiger partial charge is 0.372 e. The molecule has 3 heterocycles. The predicted octanol–water partition coefficient (Wildman–Crippen LogP) is 4.95. The lowest BCUT2D eigenvalue weighted by molar-refractivity contribution is -0.117. The van der Waals surface area contributed by atoms with Gasteiger partial charge in [0, 0.05) is 35.9 Å². The smallest absolute Gasteiger partial charge is 0.238 e. The van der Waals surface area contributed by atoms with Gasteiger partial charge in [0.1, 0.15) is 0 Å². The zero-order valence-corrected chi connectivity index (χ0v) is 20.1. The van der Waals surface area contributed by atoms with E-state index in [0.29, 0.717) is 6.54 Å². The molecule has 1 amide bonds. The van der Waals surface area contributed by atoms with Crippen molar-refractivity contribution in [2.24, 2.45) is 0 Å². The number of fused-ring (bicyclic) bond motifs is 1. The molecule has 1 saturated heterocycles. The minimum absolute atomic E-state index is 0.0241. The number of morpholine rings is 1. The van der Waals surface area contributed by atoms with Crippen molar-refractivity contribution < 1.29 is 9.53 Å². The summed E-state index contributed by atoms with van der Waals surface area (Å²) in [6.07, 6.45) is 1.44. The van der Waals surface area contributed by atoms with Crippen molar-refractivity contribution >= 4 is 28.6 Å². The molecule has 2 aromatic carbocycles. The summed E-state index contributed by atoms with van der Waals surface area (Å²) < 4.78 is 5.84. The minimum Gasteiger partial charge on any atom is -0.372 e. The highest BCUT2D eigenvalue weighted by Crippen LogP contribution is 2.37. The SMILES string of the molecule is CC1CN(c2ccc(NC(=O)CN3CCc4sccc4C3c3ccccc3)cc2)CC(C)O1. The zero-order valence-electron chi connectivity index (χ0n) is 19.2. The summed E-state index contributed by atoms with van der Waals surface area (Å²) in [4.78, 5) is 19.1. The van der Waals surface area contributed by atoms with Gasteiger partial charge in [-0.3, -0.25) is 9.69 Å². The lowest BCUT2D eigenvalue weighted by Crippen LogP contribution is -2.45. The first-order chi connectivity index (χ1) is 16.1. The number of rotatable bonds is 5. The first-order valence-electron chi connectivity index (χ1n) is 11.7. The summed E-state index contributed by atoms with van der Waals surface area (Å²) >= 11 is 1.82. The molecule has 0 bridgehead atoms. The Hall–Kier alpha value is -2.67. The monoisotopic (exact) mass is 461 g/mol. The molecule has 2 aliphatic heterocycles. The van der Waals surface area contributed by atoms with Crippen LogP contribution in [0.2, 0.25) is 0 Å². The highest BCUT2D eigenvalue weighted by molar-refractivity contribution is 7.10. The van der Waals surface area contributed by atoms with Crippen LogP contribution >= 0.6 is 11.3 Å². The highest BCUT2D eigenvalue weighted by atomic mass is 32.1. The summed E-state index contributed by atoms with van der Waals surface area (Å²) in [6, 6.07) is 21.0. The van der Waals surface area contributed by atoms with Crippen molar-refractivity contribution in [1.29, 1.82) is 0 Å². The van der Waals surface area contributed by atoms with Gasteiger partial charge in [-0.05, 0) is 67.1 Å². The number of amides is 1. The lowest BCUT2D eigenvalue weighted by Gasteiger charge is -2.37. The highest BCUT2D eigenvalue weighted by Gasteiger charge is 2.30. The third-order valence-corrected chi connectivity index (χ3v) is 7.46. The zero-order chi connectivity index (χ0) is 22.8. The molecular weight excluding hydrogens is 430 g/mol. The van der Waals surface area contributed by atoms with Gasteiger partial charge in [-0.2, -0.15) is 0 Å². The number of hydrogen-bond acceptors (Lipinski definition) is 5. The van der Waals surface area contributed by atoms with Crippen molar-refractivity contribution in [2.45, 2.75) is 38.5 Å². The van der Waals surface area contributed by atoms with Crippen LogP contribution < -0.4 is 10.2 Å². The molecule has 0 radical (unpaired) electrons. The number of benzene rings is 2. The van der Waals surface area contributed by atoms with Gasteiger partial charge in [0.05, 0.1) is 24.8 Å². The van der Waals surface area contributed by atoms with Crippen molar-refractivity contribution in [2.75, 3.05) is 36.4 Å². The van der Waals surface area contributed by atoms with Gasteiger partial charge in [-0.25, -0.2) is 0 Å². The number of anilines is 2. The standard InChI is InChI=1S/C27H31N3O2S/c1-19-16-30(17-20(2)32-19)23-10-8-22(9-11-23)28-26(31)18-29-14-12-25-24(13-15-33-25)27(29)21-6-4-3-5-7-21/h3-11,13,15,19-20,27H,12,14,16-18H2,1-2H3,(H,28,31). The van der Waals surface area contributed by atoms with E-state index in [4.69, 9.17) is 4.74 Å². The van der Waals surface area contributed by atoms with Crippen LogP contribution in [0.15, 0.2) is 66.0 Å². The summed E-state index contributed by atoms with van der Waals surface area (Å²) in [5, 5.41) is 5.27. The van der Waals surface area contributed by atoms with Crippen molar-refractivity contribution in [3.8, 4) is 0 Å². The maximum Gasteiger partial charge on any atom is 0.238 e. The van der Waals surface area contributed by atoms with E-state index in [2.05, 4.69) is 76.8 Å². The predicted molar refractivity (Wildman–Crippen MR) is 135 cm³/mol. The third kappa shape index (κ3) is 4.98. The fraction of sp³-hybridized carbons (Fsp3) is 0.370. The van der Waals surface area contributed by atoms with Crippen molar-refractivity contribution in [3.63, 3.8) is 0 Å². The van der Waals surface area contributed by atoms with Gasteiger partial charge in [-0.15, -0.1) is 11.3 Å². The van der Waals surface area contributed by atoms with E-state index >= 15 is 0 Å². The Morgan fingerprint density at radius 2 is 1.76 bits per heavy atom. The fourth-order valence-electron chi connectivity index (χ4n) is 5.09. The van der Waals surface area contributed by atoms with Crippen LogP contribution in [0.1, 0.15) is 35.9 Å². The third-order valence-electron chi connectivity index (χ3n) is 6.46. The molecule has 5 nitrogen and oxygen atoms in total. The van der Waals surface area contributed by atoms with Gasteiger partial charge in [0.2, 0.25) is 5.91 Å². The molecule has 1 fully saturated rings. The van der Waals surface area contributed by atoms with Gasteiger partial charge in [0.25, 0.3) is 0 Å². The molecule has 1 N–H and O–H groups in total. The second-order valence-electron chi connectivity index (χ2n) is 9.09. The minimum atomic E-state index is 0.0241. The second-order valence-corrected chi connectivity index (χ2v) is 10.1. The molecule has 3 aromatic rings. The Morgan fingerprint density at radius 3 is 2.48 bits per heavy atom. The van der Waals surface area contributed by atoms with E-state index in [9.17, 15) is 4.79 Å². The molecule has 2 aliphatic rings. The lowest BCUT2D eigenvalue weighted by atomic mass is 9.93. The number of carbonyl (C=O) groups excluding carboxylic acids is 1. The number of nitrogens with one attached hydrogen (secondary N) is 1. The van der Waals surface area contributed by atoms with Crippen LogP contribution in [0.4, 0.5) is 11.4 Å². The molecule has 5 rings (SSSR count). The second kappa shape index (κ2) is 9.67. The fourth-order valence-corrected chi connectivity index (χ4v) is 6.00. The van der Waals surface area contributed by atoms with Gasteiger partial charge in [0.15, 0.2) is 0 Å². The quantitative estimate of drug-likeness (QED) is 0.584. The summed E-state index contributed by atoms with van der Waals surface area (Å²) in [6.45, 7) is 7.24. The Labute approximate surface area is 200 Å². The van der Waals surface area contributed by atoms with Crippen molar-refractivity contribution in [3.05, 3.63) is 82.0 Å². The maximum absolute atomic E-state index is 13.0. The normalized spacial score (nSPS) is 23.2. The number of hydrogen-bond donors (Lipinski definition) is 1. The Balaban J connectivity index is 1.26. The number of nitrogens with zero attached hydrogens (tertiary/aromatic N) is 2. The Kier molecular flexibility index (Phi) is 6.49. The van der Waals surface area contributed by atoms with Crippen LogP contribution in [0.5, 0.6) is 0 Å². The van der Waals surface area contributed by atoms with Gasteiger partial charge >= 0.3 is 0 Å². The average molecular weight is 462 g/mol. The average Bonchev–Trinajstić information content (AvgIpc) is 3.28. The van der Waals surface area contributed by atoms with Crippen LogP contribution in [0, 0.1) is 0 Å². The van der Waals surface area contributed by atoms with E-state index in [-0.39, 0.29) is 24.2 Å². The van der Waals surface area contributed by atoms with Crippen LogP contribution in [-0.4, -0.2) is 49.2 Å². The number of thiophene rings is 1. The summed E-state index contributed by atoms with van der Waals surface area (Å²) in [5.74, 6) is 0.0241. The molecule has 33 heavy (non-hydrogen) atoms. The molecule has 0 saturated carbocycles. The van der Waals surface area contributed by atoms with Gasteiger partial charge in [-0.1, -0.05) is 30.3 Å². The topological polar surface area (TPSA) is 44.8 Å². The molecule has 3 atom stereocenters.